The molecule has 1 aromatic heterocycles. The summed E-state index contributed by atoms with van der Waals surface area (Å²) in [6.45, 7) is 6.24. The molecule has 0 aliphatic carbocycles. The van der Waals surface area contributed by atoms with E-state index >= 15 is 0 Å². The molecule has 1 aliphatic rings. The summed E-state index contributed by atoms with van der Waals surface area (Å²) in [7, 11) is 0. The van der Waals surface area contributed by atoms with Gasteiger partial charge < -0.3 is 14.6 Å². The summed E-state index contributed by atoms with van der Waals surface area (Å²) in [6.07, 6.45) is 5.84. The largest absolute Gasteiger partial charge is 0.396 e. The lowest BCUT2D eigenvalue weighted by Crippen LogP contribution is -2.46. The van der Waals surface area contributed by atoms with Crippen molar-refractivity contribution < 1.29 is 9.90 Å². The van der Waals surface area contributed by atoms with Gasteiger partial charge in [-0.2, -0.15) is 0 Å². The second-order valence-electron chi connectivity index (χ2n) is 9.01. The molecule has 1 aliphatic heterocycles. The van der Waals surface area contributed by atoms with Gasteiger partial charge in [0.25, 0.3) is 5.91 Å². The van der Waals surface area contributed by atoms with Crippen LogP contribution in [-0.4, -0.2) is 45.2 Å². The zero-order valence-electron chi connectivity index (χ0n) is 18.4. The Hall–Kier alpha value is -2.92. The molecule has 3 aromatic rings. The molecule has 5 nitrogen and oxygen atoms in total. The van der Waals surface area contributed by atoms with Crippen LogP contribution in [0.1, 0.15) is 45.6 Å². The summed E-state index contributed by atoms with van der Waals surface area (Å²) in [6, 6.07) is 16.8. The van der Waals surface area contributed by atoms with Gasteiger partial charge in [0, 0.05) is 31.7 Å². The van der Waals surface area contributed by atoms with Crippen molar-refractivity contribution in [2.45, 2.75) is 39.7 Å². The van der Waals surface area contributed by atoms with Gasteiger partial charge in [-0.3, -0.25) is 4.79 Å². The number of likely N-dealkylation sites (tertiary alicyclic amines) is 1. The first kappa shape index (κ1) is 21.3. The molecule has 0 bridgehead atoms. The quantitative estimate of drug-likeness (QED) is 0.659. The van der Waals surface area contributed by atoms with Gasteiger partial charge in [0.1, 0.15) is 5.69 Å². The van der Waals surface area contributed by atoms with E-state index in [1.54, 1.807) is 12.5 Å². The highest BCUT2D eigenvalue weighted by atomic mass is 16.3. The third-order valence-corrected chi connectivity index (χ3v) is 6.51. The molecule has 0 radical (unpaired) electrons. The fourth-order valence-electron chi connectivity index (χ4n) is 4.51. The topological polar surface area (TPSA) is 58.4 Å². The van der Waals surface area contributed by atoms with Gasteiger partial charge in [0.15, 0.2) is 0 Å². The number of aromatic nitrogens is 2. The molecule has 0 saturated carbocycles. The standard InChI is InChI=1S/C26H31N3O2/c1-20-6-8-22(9-7-20)17-29-19-27-16-24(29)25(31)28-12-10-26(18-30,11-13-28)15-23-5-3-4-21(2)14-23/h3-9,14,16,19,30H,10-13,15,17-18H2,1-2H3. The molecule has 0 atom stereocenters. The lowest BCUT2D eigenvalue weighted by atomic mass is 9.74. The number of piperidine rings is 1. The van der Waals surface area contributed by atoms with Crippen LogP contribution in [0.5, 0.6) is 0 Å². The van der Waals surface area contributed by atoms with Crippen LogP contribution < -0.4 is 0 Å². The Balaban J connectivity index is 1.42. The first-order valence-electron chi connectivity index (χ1n) is 11.0. The fourth-order valence-corrected chi connectivity index (χ4v) is 4.51. The van der Waals surface area contributed by atoms with E-state index < -0.39 is 0 Å². The summed E-state index contributed by atoms with van der Waals surface area (Å²) >= 11 is 0. The lowest BCUT2D eigenvalue weighted by molar-refractivity contribution is 0.0352. The Morgan fingerprint density at radius 2 is 1.77 bits per heavy atom. The lowest BCUT2D eigenvalue weighted by Gasteiger charge is -2.41. The number of aliphatic hydroxyl groups excluding tert-OH is 1. The van der Waals surface area contributed by atoms with Crippen molar-refractivity contribution in [3.05, 3.63) is 89.0 Å². The summed E-state index contributed by atoms with van der Waals surface area (Å²) in [5.41, 5.74) is 5.32. The summed E-state index contributed by atoms with van der Waals surface area (Å²) in [5.74, 6) is 0.0201. The molecule has 1 amide bonds. The number of nitrogens with zero attached hydrogens (tertiary/aromatic N) is 3. The van der Waals surface area contributed by atoms with Crippen LogP contribution in [0, 0.1) is 19.3 Å². The SMILES string of the molecule is Cc1ccc(Cn2cncc2C(=O)N2CCC(CO)(Cc3cccc(C)c3)CC2)cc1. The molecule has 31 heavy (non-hydrogen) atoms. The van der Waals surface area contributed by atoms with Crippen LogP contribution >= 0.6 is 0 Å². The predicted molar refractivity (Wildman–Crippen MR) is 122 cm³/mol. The summed E-state index contributed by atoms with van der Waals surface area (Å²) in [5, 5.41) is 10.2. The highest BCUT2D eigenvalue weighted by Gasteiger charge is 2.36. The monoisotopic (exact) mass is 417 g/mol. The molecule has 2 heterocycles. The summed E-state index contributed by atoms with van der Waals surface area (Å²) in [4.78, 5) is 19.4. The van der Waals surface area contributed by atoms with Crippen LogP contribution in [0.2, 0.25) is 0 Å². The maximum atomic E-state index is 13.2. The van der Waals surface area contributed by atoms with Crippen LogP contribution in [0.3, 0.4) is 0 Å². The zero-order chi connectivity index (χ0) is 21.8. The predicted octanol–water partition coefficient (Wildman–Crippen LogP) is 4.01. The third kappa shape index (κ3) is 4.88. The third-order valence-electron chi connectivity index (χ3n) is 6.51. The van der Waals surface area contributed by atoms with E-state index in [0.717, 1.165) is 24.8 Å². The highest BCUT2D eigenvalue weighted by Crippen LogP contribution is 2.35. The molecule has 0 spiro atoms. The molecular weight excluding hydrogens is 386 g/mol. The molecule has 5 heteroatoms. The van der Waals surface area contributed by atoms with Gasteiger partial charge >= 0.3 is 0 Å². The number of benzene rings is 2. The molecule has 2 aromatic carbocycles. The number of carbonyl (C=O) groups is 1. The highest BCUT2D eigenvalue weighted by molar-refractivity contribution is 5.92. The maximum absolute atomic E-state index is 13.2. The van der Waals surface area contributed by atoms with Gasteiger partial charge in [-0.15, -0.1) is 0 Å². The number of amides is 1. The number of hydrogen-bond acceptors (Lipinski definition) is 3. The number of rotatable bonds is 6. The minimum Gasteiger partial charge on any atom is -0.396 e. The smallest absolute Gasteiger partial charge is 0.272 e. The molecule has 1 fully saturated rings. The average molecular weight is 418 g/mol. The Morgan fingerprint density at radius 1 is 1.03 bits per heavy atom. The van der Waals surface area contributed by atoms with Crippen molar-refractivity contribution >= 4 is 5.91 Å². The van der Waals surface area contributed by atoms with E-state index in [4.69, 9.17) is 0 Å². The van der Waals surface area contributed by atoms with Gasteiger partial charge in [-0.25, -0.2) is 4.98 Å². The Bertz CT molecular complexity index is 1030. The van der Waals surface area contributed by atoms with Crippen molar-refractivity contribution in [2.75, 3.05) is 19.7 Å². The Kier molecular flexibility index (Phi) is 6.23. The molecule has 162 valence electrons. The van der Waals surface area contributed by atoms with E-state index in [1.807, 2.05) is 9.47 Å². The van der Waals surface area contributed by atoms with Gasteiger partial charge in [-0.1, -0.05) is 59.7 Å². The first-order valence-corrected chi connectivity index (χ1v) is 11.0. The second kappa shape index (κ2) is 9.06. The van der Waals surface area contributed by atoms with Crippen LogP contribution in [0.15, 0.2) is 61.1 Å². The molecule has 1 N–H and O–H groups in total. The minimum atomic E-state index is -0.160. The van der Waals surface area contributed by atoms with Gasteiger partial charge in [-0.05, 0) is 44.2 Å². The van der Waals surface area contributed by atoms with Crippen LogP contribution in [0.4, 0.5) is 0 Å². The number of imidazole rings is 1. The molecule has 0 unspecified atom stereocenters. The summed E-state index contributed by atoms with van der Waals surface area (Å²) < 4.78 is 1.92. The first-order chi connectivity index (χ1) is 15.0. The Labute approximate surface area is 184 Å². The second-order valence-corrected chi connectivity index (χ2v) is 9.01. The number of hydrogen-bond donors (Lipinski definition) is 1. The molecule has 4 rings (SSSR count). The van der Waals surface area contributed by atoms with E-state index in [9.17, 15) is 9.90 Å². The van der Waals surface area contributed by atoms with E-state index in [1.165, 1.54) is 16.7 Å². The normalized spacial score (nSPS) is 15.8. The van der Waals surface area contributed by atoms with Crippen LogP contribution in [-0.2, 0) is 13.0 Å². The number of carbonyl (C=O) groups excluding carboxylic acids is 1. The number of aryl methyl sites for hydroxylation is 2. The van der Waals surface area contributed by atoms with Crippen LogP contribution in [0.25, 0.3) is 0 Å². The Morgan fingerprint density at radius 3 is 2.45 bits per heavy atom. The van der Waals surface area contributed by atoms with Crippen molar-refractivity contribution in [3.63, 3.8) is 0 Å². The minimum absolute atomic E-state index is 0.0201. The fraction of sp³-hybridized carbons (Fsp3) is 0.385. The van der Waals surface area contributed by atoms with E-state index in [-0.39, 0.29) is 17.9 Å². The van der Waals surface area contributed by atoms with Crippen molar-refractivity contribution in [2.24, 2.45) is 5.41 Å². The van der Waals surface area contributed by atoms with E-state index in [2.05, 4.69) is 67.4 Å². The number of aliphatic hydroxyl groups is 1. The van der Waals surface area contributed by atoms with E-state index in [0.29, 0.717) is 25.3 Å². The van der Waals surface area contributed by atoms with Crippen molar-refractivity contribution in [1.82, 2.24) is 14.5 Å². The molecular formula is C26H31N3O2. The van der Waals surface area contributed by atoms with Crippen molar-refractivity contribution in [3.8, 4) is 0 Å². The zero-order valence-corrected chi connectivity index (χ0v) is 18.4. The van der Waals surface area contributed by atoms with Gasteiger partial charge in [0.05, 0.1) is 12.5 Å². The van der Waals surface area contributed by atoms with Gasteiger partial charge in [0.2, 0.25) is 0 Å². The maximum Gasteiger partial charge on any atom is 0.272 e. The van der Waals surface area contributed by atoms with Crippen molar-refractivity contribution in [1.29, 1.82) is 0 Å². The molecule has 1 saturated heterocycles. The average Bonchev–Trinajstić information content (AvgIpc) is 3.23.